The first-order valence-electron chi connectivity index (χ1n) is 9.15. The molecule has 5 rings (SSSR count). The van der Waals surface area contributed by atoms with E-state index >= 15 is 0 Å². The molecule has 0 heterocycles. The summed E-state index contributed by atoms with van der Waals surface area (Å²) in [4.78, 5) is 0. The lowest BCUT2D eigenvalue weighted by Crippen LogP contribution is -2.63. The molecule has 4 saturated carbocycles. The van der Waals surface area contributed by atoms with E-state index in [0.717, 1.165) is 0 Å². The Labute approximate surface area is 136 Å². The molecule has 4 fully saturated rings. The van der Waals surface area contributed by atoms with Gasteiger partial charge < -0.3 is 0 Å². The Morgan fingerprint density at radius 2 is 1.09 bits per heavy atom. The molecule has 0 unspecified atom stereocenters. The van der Waals surface area contributed by atoms with Crippen LogP contribution in [0.1, 0.15) is 78.7 Å². The molecular weight excluding hydrogens is 264 g/mol. The molecule has 0 amide bonds. The third-order valence-electron chi connectivity index (χ3n) is 7.68. The highest BCUT2D eigenvalue weighted by molar-refractivity contribution is 5.31. The first-order valence-corrected chi connectivity index (χ1v) is 9.15. The van der Waals surface area contributed by atoms with E-state index in [-0.39, 0.29) is 5.41 Å². The van der Waals surface area contributed by atoms with Crippen LogP contribution >= 0.6 is 0 Å². The zero-order valence-corrected chi connectivity index (χ0v) is 15.1. The molecule has 0 N–H and O–H groups in total. The first-order chi connectivity index (χ1) is 10.1. The summed E-state index contributed by atoms with van der Waals surface area (Å²) in [6.07, 6.45) is 8.69. The van der Waals surface area contributed by atoms with E-state index in [1.165, 1.54) is 38.5 Å². The first kappa shape index (κ1) is 14.8. The maximum Gasteiger partial charge on any atom is -0.00466 e. The minimum atomic E-state index is 0.277. The normalized spacial score (nSPS) is 47.0. The number of rotatable bonds is 2. The van der Waals surface area contributed by atoms with Gasteiger partial charge in [-0.1, -0.05) is 65.0 Å². The molecule has 4 bridgehead atoms. The molecule has 4 aliphatic carbocycles. The Morgan fingerprint density at radius 3 is 1.50 bits per heavy atom. The molecular formula is C22H32. The predicted octanol–water partition coefficient (Wildman–Crippen LogP) is 6.35. The van der Waals surface area contributed by atoms with Crippen LogP contribution in [-0.2, 0) is 5.41 Å². The summed E-state index contributed by atoms with van der Waals surface area (Å²) in [6, 6.07) is 11.3. The molecule has 0 atom stereocenters. The van der Waals surface area contributed by atoms with Gasteiger partial charge in [0.25, 0.3) is 0 Å². The Kier molecular flexibility index (Phi) is 2.69. The minimum absolute atomic E-state index is 0.277. The van der Waals surface area contributed by atoms with Crippen LogP contribution < -0.4 is 0 Å². The van der Waals surface area contributed by atoms with Crippen molar-refractivity contribution in [1.82, 2.24) is 0 Å². The average Bonchev–Trinajstić information content (AvgIpc) is 2.33. The van der Waals surface area contributed by atoms with Gasteiger partial charge in [-0.15, -0.1) is 0 Å². The number of hydrogen-bond acceptors (Lipinski definition) is 0. The van der Waals surface area contributed by atoms with Crippen LogP contribution in [-0.4, -0.2) is 0 Å². The van der Waals surface area contributed by atoms with Gasteiger partial charge in [0.15, 0.2) is 0 Å². The average molecular weight is 296 g/mol. The van der Waals surface area contributed by atoms with Gasteiger partial charge in [-0.25, -0.2) is 0 Å². The highest BCUT2D eigenvalue weighted by atomic mass is 14.7. The van der Waals surface area contributed by atoms with E-state index in [2.05, 4.69) is 65.0 Å². The SMILES string of the molecule is CC12CC3(C)CC(C)(C1)CC(C(C)(C)c1ccccc1)(C2)C3. The van der Waals surface area contributed by atoms with Crippen molar-refractivity contribution in [3.05, 3.63) is 35.9 Å². The van der Waals surface area contributed by atoms with Gasteiger partial charge in [0.05, 0.1) is 0 Å². The van der Waals surface area contributed by atoms with Crippen molar-refractivity contribution < 1.29 is 0 Å². The summed E-state index contributed by atoms with van der Waals surface area (Å²) < 4.78 is 0. The van der Waals surface area contributed by atoms with E-state index in [9.17, 15) is 0 Å². The molecule has 0 saturated heterocycles. The van der Waals surface area contributed by atoms with Crippen molar-refractivity contribution in [3.63, 3.8) is 0 Å². The van der Waals surface area contributed by atoms with E-state index < -0.39 is 0 Å². The van der Waals surface area contributed by atoms with Gasteiger partial charge >= 0.3 is 0 Å². The van der Waals surface area contributed by atoms with Gasteiger partial charge in [-0.05, 0) is 71.2 Å². The van der Waals surface area contributed by atoms with Crippen molar-refractivity contribution >= 4 is 0 Å². The van der Waals surface area contributed by atoms with E-state index in [0.29, 0.717) is 21.7 Å². The molecule has 1 aromatic carbocycles. The summed E-state index contributed by atoms with van der Waals surface area (Å²) in [7, 11) is 0. The fourth-order valence-electron chi connectivity index (χ4n) is 8.12. The van der Waals surface area contributed by atoms with E-state index in [1.54, 1.807) is 5.56 Å². The highest BCUT2D eigenvalue weighted by Gasteiger charge is 2.67. The highest BCUT2D eigenvalue weighted by Crippen LogP contribution is 2.76. The van der Waals surface area contributed by atoms with Crippen LogP contribution in [0.5, 0.6) is 0 Å². The number of benzene rings is 1. The van der Waals surface area contributed by atoms with Crippen LogP contribution in [0.15, 0.2) is 30.3 Å². The van der Waals surface area contributed by atoms with Crippen LogP contribution in [0.3, 0.4) is 0 Å². The molecule has 0 aliphatic heterocycles. The van der Waals surface area contributed by atoms with Gasteiger partial charge in [0.2, 0.25) is 0 Å². The second-order valence-corrected chi connectivity index (χ2v) is 10.8. The Hall–Kier alpha value is -0.780. The Morgan fingerprint density at radius 1 is 0.682 bits per heavy atom. The van der Waals surface area contributed by atoms with Crippen molar-refractivity contribution in [2.75, 3.05) is 0 Å². The summed E-state index contributed by atoms with van der Waals surface area (Å²) in [5.41, 5.74) is 4.03. The third kappa shape index (κ3) is 1.88. The van der Waals surface area contributed by atoms with Gasteiger partial charge in [0.1, 0.15) is 0 Å². The number of hydrogen-bond donors (Lipinski definition) is 0. The molecule has 22 heavy (non-hydrogen) atoms. The van der Waals surface area contributed by atoms with Crippen LogP contribution in [0, 0.1) is 21.7 Å². The molecule has 0 nitrogen and oxygen atoms in total. The molecule has 0 aromatic heterocycles. The van der Waals surface area contributed by atoms with Crippen molar-refractivity contribution in [3.8, 4) is 0 Å². The molecule has 0 heteroatoms. The van der Waals surface area contributed by atoms with E-state index in [1.807, 2.05) is 0 Å². The lowest BCUT2D eigenvalue weighted by atomic mass is 9.32. The van der Waals surface area contributed by atoms with Gasteiger partial charge in [-0.3, -0.25) is 0 Å². The topological polar surface area (TPSA) is 0 Å². The zero-order valence-electron chi connectivity index (χ0n) is 15.1. The quantitative estimate of drug-likeness (QED) is 0.596. The summed E-state index contributed by atoms with van der Waals surface area (Å²) in [5.74, 6) is 0. The van der Waals surface area contributed by atoms with Crippen molar-refractivity contribution in [2.45, 2.75) is 78.6 Å². The Bertz CT molecular complexity index is 540. The molecule has 1 aromatic rings. The fraction of sp³-hybridized carbons (Fsp3) is 0.727. The maximum absolute atomic E-state index is 2.59. The summed E-state index contributed by atoms with van der Waals surface area (Å²) >= 11 is 0. The largest absolute Gasteiger partial charge is 0.0622 e. The smallest absolute Gasteiger partial charge is 0.00466 e. The lowest BCUT2D eigenvalue weighted by Gasteiger charge is -2.72. The third-order valence-corrected chi connectivity index (χ3v) is 7.68. The summed E-state index contributed by atoms with van der Waals surface area (Å²) in [6.45, 7) is 12.8. The van der Waals surface area contributed by atoms with Gasteiger partial charge in [-0.2, -0.15) is 0 Å². The minimum Gasteiger partial charge on any atom is -0.0622 e. The monoisotopic (exact) mass is 296 g/mol. The van der Waals surface area contributed by atoms with Crippen LogP contribution in [0.2, 0.25) is 0 Å². The zero-order chi connectivity index (χ0) is 15.9. The van der Waals surface area contributed by atoms with Crippen molar-refractivity contribution in [1.29, 1.82) is 0 Å². The molecule has 120 valence electrons. The molecule has 4 aliphatic rings. The maximum atomic E-state index is 2.59. The van der Waals surface area contributed by atoms with E-state index in [4.69, 9.17) is 0 Å². The standard InChI is InChI=1S/C22H32/c1-18(2,17-9-7-6-8-10-17)22-14-19(3)11-20(4,15-22)13-21(5,12-19)16-22/h6-10H,11-16H2,1-5H3. The lowest BCUT2D eigenvalue weighted by molar-refractivity contribution is -0.205. The van der Waals surface area contributed by atoms with Gasteiger partial charge in [0, 0.05) is 0 Å². The second kappa shape index (κ2) is 4.00. The summed E-state index contributed by atoms with van der Waals surface area (Å²) in [5, 5.41) is 0. The van der Waals surface area contributed by atoms with Crippen LogP contribution in [0.25, 0.3) is 0 Å². The van der Waals surface area contributed by atoms with Crippen molar-refractivity contribution in [2.24, 2.45) is 21.7 Å². The van der Waals surface area contributed by atoms with Crippen LogP contribution in [0.4, 0.5) is 0 Å². The molecule has 0 radical (unpaired) electrons. The molecule has 0 spiro atoms. The predicted molar refractivity (Wildman–Crippen MR) is 93.9 cm³/mol. The Balaban J connectivity index is 1.84. The fourth-order valence-corrected chi connectivity index (χ4v) is 8.12. The second-order valence-electron chi connectivity index (χ2n) is 10.8.